The Labute approximate surface area is 107 Å². The van der Waals surface area contributed by atoms with E-state index in [0.29, 0.717) is 25.6 Å². The van der Waals surface area contributed by atoms with Gasteiger partial charge in [0.1, 0.15) is 6.54 Å². The van der Waals surface area contributed by atoms with Crippen LogP contribution in [0.3, 0.4) is 0 Å². The number of nitrogens with one attached hydrogen (secondary N) is 1. The Morgan fingerprint density at radius 3 is 2.94 bits per heavy atom. The molecular weight excluding hydrogens is 236 g/mol. The van der Waals surface area contributed by atoms with Crippen molar-refractivity contribution < 1.29 is 19.4 Å². The lowest BCUT2D eigenvalue weighted by Crippen LogP contribution is -2.47. The van der Waals surface area contributed by atoms with Crippen LogP contribution in [0.4, 0.5) is 4.79 Å². The molecule has 18 heavy (non-hydrogen) atoms. The quantitative estimate of drug-likeness (QED) is 0.698. The third-order valence-electron chi connectivity index (χ3n) is 3.03. The summed E-state index contributed by atoms with van der Waals surface area (Å²) in [5.41, 5.74) is 0. The SMILES string of the molecule is CCOC(=O)CNC(=O)N1CCCC(CCO)C1. The fraction of sp³-hybridized carbons (Fsp3) is 0.833. The van der Waals surface area contributed by atoms with Gasteiger partial charge in [-0.3, -0.25) is 4.79 Å². The van der Waals surface area contributed by atoms with E-state index in [1.54, 1.807) is 11.8 Å². The van der Waals surface area contributed by atoms with Crippen LogP contribution in [-0.2, 0) is 9.53 Å². The number of esters is 1. The summed E-state index contributed by atoms with van der Waals surface area (Å²) >= 11 is 0. The third kappa shape index (κ3) is 4.91. The van der Waals surface area contributed by atoms with E-state index in [1.165, 1.54) is 0 Å². The Morgan fingerprint density at radius 1 is 1.50 bits per heavy atom. The standard InChI is InChI=1S/C12H22N2O4/c1-2-18-11(16)8-13-12(17)14-6-3-4-10(9-14)5-7-15/h10,15H,2-9H2,1H3,(H,13,17). The first kappa shape index (κ1) is 14.8. The van der Waals surface area contributed by atoms with Gasteiger partial charge in [0.05, 0.1) is 6.61 Å². The molecule has 1 saturated heterocycles. The largest absolute Gasteiger partial charge is 0.465 e. The van der Waals surface area contributed by atoms with Gasteiger partial charge in [-0.2, -0.15) is 0 Å². The van der Waals surface area contributed by atoms with Gasteiger partial charge in [0.25, 0.3) is 0 Å². The van der Waals surface area contributed by atoms with Gasteiger partial charge < -0.3 is 20.1 Å². The molecule has 1 aliphatic rings. The molecule has 2 amide bonds. The predicted molar refractivity (Wildman–Crippen MR) is 66.0 cm³/mol. The average Bonchev–Trinajstić information content (AvgIpc) is 2.37. The van der Waals surface area contributed by atoms with Crippen molar-refractivity contribution in [2.24, 2.45) is 5.92 Å². The van der Waals surface area contributed by atoms with Crippen molar-refractivity contribution in [3.63, 3.8) is 0 Å². The molecule has 1 fully saturated rings. The van der Waals surface area contributed by atoms with Crippen LogP contribution in [0.5, 0.6) is 0 Å². The van der Waals surface area contributed by atoms with Crippen molar-refractivity contribution in [2.75, 3.05) is 32.8 Å². The Morgan fingerprint density at radius 2 is 2.28 bits per heavy atom. The third-order valence-corrected chi connectivity index (χ3v) is 3.03. The molecule has 1 heterocycles. The molecule has 0 spiro atoms. The molecule has 6 heteroatoms. The molecule has 0 aromatic rings. The summed E-state index contributed by atoms with van der Waals surface area (Å²) in [7, 11) is 0. The molecule has 1 aliphatic heterocycles. The first-order valence-corrected chi connectivity index (χ1v) is 6.46. The molecule has 0 radical (unpaired) electrons. The highest BCUT2D eigenvalue weighted by atomic mass is 16.5. The molecule has 0 aromatic carbocycles. The second-order valence-electron chi connectivity index (χ2n) is 4.43. The van der Waals surface area contributed by atoms with E-state index >= 15 is 0 Å². The van der Waals surface area contributed by atoms with E-state index < -0.39 is 5.97 Å². The number of aliphatic hydroxyl groups is 1. The van der Waals surface area contributed by atoms with E-state index in [-0.39, 0.29) is 19.2 Å². The topological polar surface area (TPSA) is 78.9 Å². The molecule has 104 valence electrons. The second kappa shape index (κ2) is 7.92. The molecule has 0 aliphatic carbocycles. The monoisotopic (exact) mass is 258 g/mol. The van der Waals surface area contributed by atoms with E-state index in [9.17, 15) is 9.59 Å². The lowest BCUT2D eigenvalue weighted by Gasteiger charge is -2.32. The maximum atomic E-state index is 11.8. The van der Waals surface area contributed by atoms with Crippen LogP contribution < -0.4 is 5.32 Å². The van der Waals surface area contributed by atoms with Gasteiger partial charge in [0.15, 0.2) is 0 Å². The first-order valence-electron chi connectivity index (χ1n) is 6.46. The number of hydrogen-bond acceptors (Lipinski definition) is 4. The number of hydrogen-bond donors (Lipinski definition) is 2. The number of likely N-dealkylation sites (tertiary alicyclic amines) is 1. The lowest BCUT2D eigenvalue weighted by molar-refractivity contribution is -0.141. The van der Waals surface area contributed by atoms with Crippen molar-refractivity contribution in [3.05, 3.63) is 0 Å². The van der Waals surface area contributed by atoms with Gasteiger partial charge in [0.2, 0.25) is 0 Å². The second-order valence-corrected chi connectivity index (χ2v) is 4.43. The van der Waals surface area contributed by atoms with E-state index in [0.717, 1.165) is 19.3 Å². The molecule has 0 bridgehead atoms. The van der Waals surface area contributed by atoms with Gasteiger partial charge in [-0.15, -0.1) is 0 Å². The average molecular weight is 258 g/mol. The van der Waals surface area contributed by atoms with Crippen molar-refractivity contribution in [3.8, 4) is 0 Å². The minimum atomic E-state index is -0.422. The predicted octanol–water partition coefficient (Wildman–Crippen LogP) is 0.353. The molecular formula is C12H22N2O4. The summed E-state index contributed by atoms with van der Waals surface area (Å²) < 4.78 is 4.73. The van der Waals surface area contributed by atoms with E-state index in [2.05, 4.69) is 5.32 Å². The van der Waals surface area contributed by atoms with Gasteiger partial charge in [0, 0.05) is 19.7 Å². The summed E-state index contributed by atoms with van der Waals surface area (Å²) in [5.74, 6) is -0.0631. The van der Waals surface area contributed by atoms with E-state index in [4.69, 9.17) is 9.84 Å². The Hall–Kier alpha value is -1.30. The Kier molecular flexibility index (Phi) is 6.49. The van der Waals surface area contributed by atoms with Crippen LogP contribution >= 0.6 is 0 Å². The number of nitrogens with zero attached hydrogens (tertiary/aromatic N) is 1. The van der Waals surface area contributed by atoms with Crippen molar-refractivity contribution in [1.29, 1.82) is 0 Å². The van der Waals surface area contributed by atoms with Crippen LogP contribution in [0, 0.1) is 5.92 Å². The maximum Gasteiger partial charge on any atom is 0.325 e. The summed E-state index contributed by atoms with van der Waals surface area (Å²) in [6, 6.07) is -0.231. The molecule has 0 aromatic heterocycles. The fourth-order valence-electron chi connectivity index (χ4n) is 2.14. The summed E-state index contributed by atoms with van der Waals surface area (Å²) in [6.45, 7) is 3.46. The first-order chi connectivity index (χ1) is 8.67. The highest BCUT2D eigenvalue weighted by Crippen LogP contribution is 2.18. The van der Waals surface area contributed by atoms with Gasteiger partial charge in [-0.1, -0.05) is 0 Å². The number of ether oxygens (including phenoxy) is 1. The van der Waals surface area contributed by atoms with Gasteiger partial charge >= 0.3 is 12.0 Å². The number of rotatable bonds is 5. The molecule has 2 N–H and O–H groups in total. The van der Waals surface area contributed by atoms with Crippen LogP contribution in [0.25, 0.3) is 0 Å². The molecule has 0 saturated carbocycles. The maximum absolute atomic E-state index is 11.8. The summed E-state index contributed by atoms with van der Waals surface area (Å²) in [5, 5.41) is 11.4. The van der Waals surface area contributed by atoms with Crippen LogP contribution in [0.15, 0.2) is 0 Å². The lowest BCUT2D eigenvalue weighted by atomic mass is 9.95. The number of piperidine rings is 1. The van der Waals surface area contributed by atoms with Crippen molar-refractivity contribution >= 4 is 12.0 Å². The zero-order chi connectivity index (χ0) is 13.4. The summed E-state index contributed by atoms with van der Waals surface area (Å²) in [4.78, 5) is 24.6. The number of aliphatic hydroxyl groups excluding tert-OH is 1. The number of urea groups is 1. The number of amides is 2. The number of carbonyl (C=O) groups excluding carboxylic acids is 2. The minimum Gasteiger partial charge on any atom is -0.465 e. The van der Waals surface area contributed by atoms with E-state index in [1.807, 2.05) is 0 Å². The normalized spacial score (nSPS) is 19.4. The van der Waals surface area contributed by atoms with Crippen LogP contribution in [0.2, 0.25) is 0 Å². The van der Waals surface area contributed by atoms with Crippen molar-refractivity contribution in [2.45, 2.75) is 26.2 Å². The van der Waals surface area contributed by atoms with Gasteiger partial charge in [-0.25, -0.2) is 4.79 Å². The highest BCUT2D eigenvalue weighted by molar-refractivity contribution is 5.80. The van der Waals surface area contributed by atoms with Crippen molar-refractivity contribution in [1.82, 2.24) is 10.2 Å². The Balaban J connectivity index is 2.30. The smallest absolute Gasteiger partial charge is 0.325 e. The Bertz CT molecular complexity index is 281. The van der Waals surface area contributed by atoms with Gasteiger partial charge in [-0.05, 0) is 32.1 Å². The number of carbonyl (C=O) groups is 2. The molecule has 1 atom stereocenters. The fourth-order valence-corrected chi connectivity index (χ4v) is 2.14. The zero-order valence-electron chi connectivity index (χ0n) is 10.9. The molecule has 1 rings (SSSR count). The minimum absolute atomic E-state index is 0.0894. The zero-order valence-corrected chi connectivity index (χ0v) is 10.9. The highest BCUT2D eigenvalue weighted by Gasteiger charge is 2.23. The molecule has 1 unspecified atom stereocenters. The molecule has 6 nitrogen and oxygen atoms in total. The van der Waals surface area contributed by atoms with Crippen LogP contribution in [0.1, 0.15) is 26.2 Å². The summed E-state index contributed by atoms with van der Waals surface area (Å²) in [6.07, 6.45) is 2.71. The van der Waals surface area contributed by atoms with Crippen LogP contribution in [-0.4, -0.2) is 54.9 Å².